The van der Waals surface area contributed by atoms with Crippen LogP contribution in [0.2, 0.25) is 0 Å². The van der Waals surface area contributed by atoms with E-state index in [4.69, 9.17) is 28.7 Å². The van der Waals surface area contributed by atoms with Gasteiger partial charge in [-0.15, -0.1) is 0 Å². The molecule has 2 atom stereocenters. The van der Waals surface area contributed by atoms with Gasteiger partial charge in [-0.05, 0) is 19.3 Å². The molecule has 0 aliphatic heterocycles. The fourth-order valence-corrected chi connectivity index (χ4v) is 1.15. The summed E-state index contributed by atoms with van der Waals surface area (Å²) in [7, 11) is 0. The molecule has 0 aromatic heterocycles. The largest absolute Gasteiger partial charge is 0.391 e. The summed E-state index contributed by atoms with van der Waals surface area (Å²) >= 11 is 0. The second kappa shape index (κ2) is 9.25. The highest BCUT2D eigenvalue weighted by Gasteiger charge is 2.21. The summed E-state index contributed by atoms with van der Waals surface area (Å²) in [5.74, 6) is -1.66. The molecule has 0 aliphatic rings. The van der Waals surface area contributed by atoms with Gasteiger partial charge in [0, 0.05) is 13.1 Å². The third kappa shape index (κ3) is 8.08. The minimum absolute atomic E-state index is 0.0186. The molecule has 10 N–H and O–H groups in total. The van der Waals surface area contributed by atoms with Gasteiger partial charge in [-0.2, -0.15) is 0 Å². The van der Waals surface area contributed by atoms with Gasteiger partial charge in [-0.25, -0.2) is 9.59 Å². The van der Waals surface area contributed by atoms with Gasteiger partial charge >= 0.3 is 11.9 Å². The van der Waals surface area contributed by atoms with Gasteiger partial charge in [0.05, 0.1) is 0 Å². The molecule has 0 rings (SSSR count). The molecule has 0 radical (unpaired) electrons. The number of hydrogen-bond acceptors (Lipinski definition) is 7. The first kappa shape index (κ1) is 17.3. The van der Waals surface area contributed by atoms with E-state index in [1.54, 1.807) is 0 Å². The van der Waals surface area contributed by atoms with Crippen molar-refractivity contribution in [3.8, 4) is 0 Å². The molecule has 0 bridgehead atoms. The average Bonchev–Trinajstić information content (AvgIpc) is 2.36. The van der Waals surface area contributed by atoms with Crippen LogP contribution in [0.4, 0.5) is 0 Å². The van der Waals surface area contributed by atoms with Gasteiger partial charge in [-0.1, -0.05) is 0 Å². The van der Waals surface area contributed by atoms with Crippen LogP contribution in [-0.4, -0.2) is 43.1 Å². The van der Waals surface area contributed by atoms with Crippen molar-refractivity contribution >= 4 is 17.9 Å². The van der Waals surface area contributed by atoms with Crippen LogP contribution in [0.5, 0.6) is 0 Å². The van der Waals surface area contributed by atoms with Crippen molar-refractivity contribution in [2.75, 3.05) is 13.1 Å². The maximum atomic E-state index is 11.4. The van der Waals surface area contributed by atoms with E-state index in [0.717, 1.165) is 0 Å². The number of esters is 2. The Labute approximate surface area is 111 Å². The van der Waals surface area contributed by atoms with Gasteiger partial charge in [0.1, 0.15) is 12.1 Å². The van der Waals surface area contributed by atoms with E-state index in [1.165, 1.54) is 0 Å². The van der Waals surface area contributed by atoms with Crippen LogP contribution in [0.1, 0.15) is 19.3 Å². The Morgan fingerprint density at radius 2 is 1.63 bits per heavy atom. The number of carbonyl (C=O) groups excluding carboxylic acids is 2. The molecule has 0 saturated heterocycles. The van der Waals surface area contributed by atoms with Gasteiger partial charge in [0.2, 0.25) is 0 Å². The topological polar surface area (TPSA) is 186 Å². The first-order valence-electron chi connectivity index (χ1n) is 5.90. The number of ether oxygens (including phenoxy) is 1. The first-order chi connectivity index (χ1) is 8.88. The molecule has 0 spiro atoms. The Morgan fingerprint density at radius 1 is 1.05 bits per heavy atom. The van der Waals surface area contributed by atoms with Gasteiger partial charge in [-0.3, -0.25) is 4.99 Å². The lowest BCUT2D eigenvalue weighted by molar-refractivity contribution is -0.161. The summed E-state index contributed by atoms with van der Waals surface area (Å²) < 4.78 is 4.48. The molecule has 0 saturated carbocycles. The average molecular weight is 274 g/mol. The summed E-state index contributed by atoms with van der Waals surface area (Å²) in [5, 5.41) is 0. The van der Waals surface area contributed by atoms with Crippen molar-refractivity contribution in [1.29, 1.82) is 0 Å². The predicted molar refractivity (Wildman–Crippen MR) is 70.6 cm³/mol. The number of carbonyl (C=O) groups is 2. The van der Waals surface area contributed by atoms with Crippen molar-refractivity contribution in [2.45, 2.75) is 31.3 Å². The van der Waals surface area contributed by atoms with Crippen LogP contribution in [0, 0.1) is 0 Å². The van der Waals surface area contributed by atoms with E-state index < -0.39 is 24.0 Å². The number of nitrogens with two attached hydrogens (primary N) is 5. The monoisotopic (exact) mass is 274 g/mol. The molecule has 0 fully saturated rings. The second-order valence-corrected chi connectivity index (χ2v) is 3.99. The van der Waals surface area contributed by atoms with Crippen molar-refractivity contribution in [3.63, 3.8) is 0 Å². The summed E-state index contributed by atoms with van der Waals surface area (Å²) in [6.45, 7) is 0.362. The summed E-state index contributed by atoms with van der Waals surface area (Å²) in [4.78, 5) is 26.4. The number of nitrogens with zero attached hydrogens (tertiary/aromatic N) is 1. The highest BCUT2D eigenvalue weighted by molar-refractivity contribution is 5.90. The fraction of sp³-hybridized carbons (Fsp3) is 0.700. The lowest BCUT2D eigenvalue weighted by Gasteiger charge is -2.12. The van der Waals surface area contributed by atoms with E-state index in [0.29, 0.717) is 25.8 Å². The predicted octanol–water partition coefficient (Wildman–Crippen LogP) is -2.89. The molecule has 0 aliphatic carbocycles. The molecule has 9 heteroatoms. The molecule has 2 unspecified atom stereocenters. The van der Waals surface area contributed by atoms with Crippen LogP contribution in [0.3, 0.4) is 0 Å². The Bertz CT molecular complexity index is 329. The quantitative estimate of drug-likeness (QED) is 0.102. The lowest BCUT2D eigenvalue weighted by atomic mass is 10.1. The van der Waals surface area contributed by atoms with Gasteiger partial charge in [0.15, 0.2) is 5.96 Å². The van der Waals surface area contributed by atoms with E-state index in [1.807, 2.05) is 0 Å². The Hall–Kier alpha value is -1.71. The SMILES string of the molecule is NCC(N)C(=O)OC(=O)C(N)CCCCN=C(N)N. The Balaban J connectivity index is 3.88. The molecule has 0 heterocycles. The van der Waals surface area contributed by atoms with Crippen LogP contribution >= 0.6 is 0 Å². The van der Waals surface area contributed by atoms with Crippen molar-refractivity contribution < 1.29 is 14.3 Å². The Kier molecular flexibility index (Phi) is 8.42. The number of hydrogen-bond donors (Lipinski definition) is 5. The minimum Gasteiger partial charge on any atom is -0.391 e. The summed E-state index contributed by atoms with van der Waals surface area (Å²) in [6.07, 6.45) is 1.67. The highest BCUT2D eigenvalue weighted by Crippen LogP contribution is 2.02. The lowest BCUT2D eigenvalue weighted by Crippen LogP contribution is -2.43. The molecule has 110 valence electrons. The Morgan fingerprint density at radius 3 is 2.16 bits per heavy atom. The van der Waals surface area contributed by atoms with Crippen molar-refractivity contribution in [2.24, 2.45) is 33.7 Å². The van der Waals surface area contributed by atoms with Crippen LogP contribution < -0.4 is 28.7 Å². The molecule has 0 aromatic rings. The smallest absolute Gasteiger partial charge is 0.331 e. The van der Waals surface area contributed by atoms with Gasteiger partial charge < -0.3 is 33.4 Å². The normalized spacial score (nSPS) is 13.4. The summed E-state index contributed by atoms with van der Waals surface area (Å²) in [6, 6.07) is -1.90. The third-order valence-electron chi connectivity index (χ3n) is 2.28. The zero-order valence-corrected chi connectivity index (χ0v) is 10.7. The number of unbranched alkanes of at least 4 members (excludes halogenated alkanes) is 1. The van der Waals surface area contributed by atoms with Crippen LogP contribution in [-0.2, 0) is 14.3 Å². The fourth-order valence-electron chi connectivity index (χ4n) is 1.15. The van der Waals surface area contributed by atoms with Crippen LogP contribution in [0.15, 0.2) is 4.99 Å². The van der Waals surface area contributed by atoms with Crippen LogP contribution in [0.25, 0.3) is 0 Å². The molecule has 0 amide bonds. The van der Waals surface area contributed by atoms with E-state index in [-0.39, 0.29) is 12.5 Å². The number of rotatable bonds is 8. The van der Waals surface area contributed by atoms with E-state index >= 15 is 0 Å². The van der Waals surface area contributed by atoms with Crippen molar-refractivity contribution in [1.82, 2.24) is 0 Å². The highest BCUT2D eigenvalue weighted by atomic mass is 16.6. The minimum atomic E-state index is -1.02. The molecular weight excluding hydrogens is 252 g/mol. The standard InChI is InChI=1S/C10H22N6O3/c11-5-7(13)9(18)19-8(17)6(12)3-1-2-4-16-10(14)15/h6-7H,1-5,11-13H2,(H4,14,15,16). The number of aliphatic imine (C=N–C) groups is 1. The van der Waals surface area contributed by atoms with Gasteiger partial charge in [0.25, 0.3) is 0 Å². The van der Waals surface area contributed by atoms with Crippen molar-refractivity contribution in [3.05, 3.63) is 0 Å². The zero-order chi connectivity index (χ0) is 14.8. The third-order valence-corrected chi connectivity index (χ3v) is 2.28. The molecule has 19 heavy (non-hydrogen) atoms. The van der Waals surface area contributed by atoms with E-state index in [9.17, 15) is 9.59 Å². The van der Waals surface area contributed by atoms with E-state index in [2.05, 4.69) is 9.73 Å². The second-order valence-electron chi connectivity index (χ2n) is 3.99. The molecule has 0 aromatic carbocycles. The first-order valence-corrected chi connectivity index (χ1v) is 5.90. The molecular formula is C10H22N6O3. The molecule has 9 nitrogen and oxygen atoms in total. The summed E-state index contributed by atoms with van der Waals surface area (Å²) in [5.41, 5.74) is 26.3. The maximum absolute atomic E-state index is 11.4. The maximum Gasteiger partial charge on any atom is 0.331 e. The zero-order valence-electron chi connectivity index (χ0n) is 10.7. The number of guanidine groups is 1.